The zero-order valence-electron chi connectivity index (χ0n) is 8.79. The van der Waals surface area contributed by atoms with Gasteiger partial charge in [-0.05, 0) is 18.6 Å². The van der Waals surface area contributed by atoms with Crippen molar-refractivity contribution in [1.29, 1.82) is 0 Å². The molecule has 0 saturated heterocycles. The summed E-state index contributed by atoms with van der Waals surface area (Å²) in [5, 5.41) is 2.66. The van der Waals surface area contributed by atoms with Crippen LogP contribution in [0.25, 0.3) is 0 Å². The Morgan fingerprint density at radius 2 is 2.27 bits per heavy atom. The van der Waals surface area contributed by atoms with E-state index in [2.05, 4.69) is 17.2 Å². The molecule has 0 aliphatic rings. The number of anilines is 1. The quantitative estimate of drug-likeness (QED) is 0.599. The predicted molar refractivity (Wildman–Crippen MR) is 57.0 cm³/mol. The van der Waals surface area contributed by atoms with E-state index in [1.165, 1.54) is 18.3 Å². The molecule has 3 nitrogen and oxygen atoms in total. The van der Waals surface area contributed by atoms with Gasteiger partial charge < -0.3 is 5.32 Å². The lowest BCUT2D eigenvalue weighted by Crippen LogP contribution is -2.11. The van der Waals surface area contributed by atoms with Gasteiger partial charge in [-0.15, -0.1) is 0 Å². The first-order chi connectivity index (χ1) is 7.22. The van der Waals surface area contributed by atoms with Crippen molar-refractivity contribution in [2.24, 2.45) is 0 Å². The number of halogens is 1. The molecule has 1 rings (SSSR count). The van der Waals surface area contributed by atoms with Gasteiger partial charge in [-0.2, -0.15) is 4.39 Å². The SMILES string of the molecule is CCCCCC(=O)Nc1ccc(F)nc1. The lowest BCUT2D eigenvalue weighted by atomic mass is 10.2. The fourth-order valence-corrected chi connectivity index (χ4v) is 1.21. The molecule has 15 heavy (non-hydrogen) atoms. The zero-order valence-corrected chi connectivity index (χ0v) is 8.79. The van der Waals surface area contributed by atoms with Crippen LogP contribution in [0.15, 0.2) is 18.3 Å². The molecule has 0 atom stereocenters. The maximum Gasteiger partial charge on any atom is 0.224 e. The lowest BCUT2D eigenvalue weighted by molar-refractivity contribution is -0.116. The van der Waals surface area contributed by atoms with E-state index < -0.39 is 5.95 Å². The first-order valence-electron chi connectivity index (χ1n) is 5.13. The van der Waals surface area contributed by atoms with Gasteiger partial charge in [0.05, 0.1) is 11.9 Å². The number of pyridine rings is 1. The van der Waals surface area contributed by atoms with E-state index in [1.807, 2.05) is 0 Å². The van der Waals surface area contributed by atoms with Gasteiger partial charge >= 0.3 is 0 Å². The number of nitrogens with zero attached hydrogens (tertiary/aromatic N) is 1. The number of unbranched alkanes of at least 4 members (excludes halogenated alkanes) is 2. The summed E-state index contributed by atoms with van der Waals surface area (Å²) in [6.45, 7) is 2.09. The van der Waals surface area contributed by atoms with Crippen LogP contribution in [0.4, 0.5) is 10.1 Å². The maximum atomic E-state index is 12.4. The van der Waals surface area contributed by atoms with Crippen LogP contribution in [-0.2, 0) is 4.79 Å². The number of rotatable bonds is 5. The summed E-state index contributed by atoms with van der Waals surface area (Å²) >= 11 is 0. The summed E-state index contributed by atoms with van der Waals surface area (Å²) in [6, 6.07) is 2.72. The molecule has 4 heteroatoms. The minimum absolute atomic E-state index is 0.0446. The van der Waals surface area contributed by atoms with Crippen LogP contribution in [0, 0.1) is 5.95 Å². The van der Waals surface area contributed by atoms with Crippen LogP contribution in [-0.4, -0.2) is 10.9 Å². The van der Waals surface area contributed by atoms with E-state index in [-0.39, 0.29) is 5.91 Å². The number of nitrogens with one attached hydrogen (secondary N) is 1. The van der Waals surface area contributed by atoms with E-state index >= 15 is 0 Å². The first-order valence-corrected chi connectivity index (χ1v) is 5.13. The van der Waals surface area contributed by atoms with Crippen molar-refractivity contribution < 1.29 is 9.18 Å². The summed E-state index contributed by atoms with van der Waals surface area (Å²) in [5.41, 5.74) is 0.540. The Morgan fingerprint density at radius 3 is 2.87 bits per heavy atom. The molecule has 0 fully saturated rings. The van der Waals surface area contributed by atoms with Crippen molar-refractivity contribution in [3.63, 3.8) is 0 Å². The molecule has 1 heterocycles. The fourth-order valence-electron chi connectivity index (χ4n) is 1.21. The van der Waals surface area contributed by atoms with Crippen LogP contribution >= 0.6 is 0 Å². The van der Waals surface area contributed by atoms with Crippen LogP contribution < -0.4 is 5.32 Å². The van der Waals surface area contributed by atoms with Gasteiger partial charge in [-0.25, -0.2) is 4.98 Å². The fraction of sp³-hybridized carbons (Fsp3) is 0.455. The normalized spacial score (nSPS) is 10.0. The van der Waals surface area contributed by atoms with Crippen LogP contribution in [0.5, 0.6) is 0 Å². The molecular weight excluding hydrogens is 195 g/mol. The molecule has 1 amide bonds. The average molecular weight is 210 g/mol. The second kappa shape index (κ2) is 6.11. The third-order valence-corrected chi connectivity index (χ3v) is 2.02. The maximum absolute atomic E-state index is 12.4. The molecule has 1 aromatic rings. The molecule has 0 aromatic carbocycles. The van der Waals surface area contributed by atoms with E-state index in [1.54, 1.807) is 0 Å². The van der Waals surface area contributed by atoms with Crippen molar-refractivity contribution in [2.45, 2.75) is 32.6 Å². The topological polar surface area (TPSA) is 42.0 Å². The molecule has 1 aromatic heterocycles. The van der Waals surface area contributed by atoms with Gasteiger partial charge in [0.25, 0.3) is 0 Å². The van der Waals surface area contributed by atoms with Crippen molar-refractivity contribution in [2.75, 3.05) is 5.32 Å². The Kier molecular flexibility index (Phi) is 4.74. The minimum atomic E-state index is -0.543. The monoisotopic (exact) mass is 210 g/mol. The Labute approximate surface area is 88.7 Å². The molecule has 0 bridgehead atoms. The lowest BCUT2D eigenvalue weighted by Gasteiger charge is -2.03. The van der Waals surface area contributed by atoms with E-state index in [4.69, 9.17) is 0 Å². The van der Waals surface area contributed by atoms with Crippen LogP contribution in [0.1, 0.15) is 32.6 Å². The number of hydrogen-bond donors (Lipinski definition) is 1. The predicted octanol–water partition coefficient (Wildman–Crippen LogP) is 2.74. The zero-order chi connectivity index (χ0) is 11.1. The third-order valence-electron chi connectivity index (χ3n) is 2.02. The number of carbonyl (C=O) groups excluding carboxylic acids is 1. The summed E-state index contributed by atoms with van der Waals surface area (Å²) in [4.78, 5) is 14.8. The second-order valence-corrected chi connectivity index (χ2v) is 3.37. The molecule has 82 valence electrons. The highest BCUT2D eigenvalue weighted by molar-refractivity contribution is 5.90. The first kappa shape index (κ1) is 11.6. The summed E-state index contributed by atoms with van der Waals surface area (Å²) in [6.07, 6.45) is 4.84. The highest BCUT2D eigenvalue weighted by Crippen LogP contribution is 2.07. The number of hydrogen-bond acceptors (Lipinski definition) is 2. The number of amides is 1. The smallest absolute Gasteiger partial charge is 0.224 e. The molecule has 0 aliphatic carbocycles. The van der Waals surface area contributed by atoms with E-state index in [0.717, 1.165) is 19.3 Å². The number of aromatic nitrogens is 1. The molecule has 0 unspecified atom stereocenters. The molecule has 0 spiro atoms. The average Bonchev–Trinajstić information content (AvgIpc) is 2.22. The van der Waals surface area contributed by atoms with Gasteiger partial charge in [0, 0.05) is 6.42 Å². The second-order valence-electron chi connectivity index (χ2n) is 3.37. The van der Waals surface area contributed by atoms with Gasteiger partial charge in [0.1, 0.15) is 0 Å². The van der Waals surface area contributed by atoms with Gasteiger partial charge in [-0.3, -0.25) is 4.79 Å². The van der Waals surface area contributed by atoms with Crippen molar-refractivity contribution >= 4 is 11.6 Å². The number of carbonyl (C=O) groups is 1. The van der Waals surface area contributed by atoms with Gasteiger partial charge in [0.15, 0.2) is 0 Å². The molecule has 0 saturated carbocycles. The van der Waals surface area contributed by atoms with Gasteiger partial charge in [-0.1, -0.05) is 19.8 Å². The van der Waals surface area contributed by atoms with E-state index in [9.17, 15) is 9.18 Å². The standard InChI is InChI=1S/C11H15FN2O/c1-2-3-4-5-11(15)14-9-6-7-10(12)13-8-9/h6-8H,2-5H2,1H3,(H,14,15). The van der Waals surface area contributed by atoms with Gasteiger partial charge in [0.2, 0.25) is 11.9 Å². The van der Waals surface area contributed by atoms with Crippen LogP contribution in [0.3, 0.4) is 0 Å². The minimum Gasteiger partial charge on any atom is -0.325 e. The summed E-state index contributed by atoms with van der Waals surface area (Å²) in [7, 11) is 0. The van der Waals surface area contributed by atoms with Crippen molar-refractivity contribution in [1.82, 2.24) is 4.98 Å². The summed E-state index contributed by atoms with van der Waals surface area (Å²) < 4.78 is 12.4. The van der Waals surface area contributed by atoms with Crippen molar-refractivity contribution in [3.8, 4) is 0 Å². The molecular formula is C11H15FN2O. The van der Waals surface area contributed by atoms with Crippen LogP contribution in [0.2, 0.25) is 0 Å². The highest BCUT2D eigenvalue weighted by atomic mass is 19.1. The highest BCUT2D eigenvalue weighted by Gasteiger charge is 2.01. The Bertz CT molecular complexity index is 311. The Balaban J connectivity index is 2.34. The third kappa shape index (κ3) is 4.54. The van der Waals surface area contributed by atoms with Crippen molar-refractivity contribution in [3.05, 3.63) is 24.3 Å². The van der Waals surface area contributed by atoms with E-state index in [0.29, 0.717) is 12.1 Å². The summed E-state index contributed by atoms with van der Waals surface area (Å²) in [5.74, 6) is -0.587. The Morgan fingerprint density at radius 1 is 1.47 bits per heavy atom. The Hall–Kier alpha value is -1.45. The largest absolute Gasteiger partial charge is 0.325 e. The molecule has 0 radical (unpaired) electrons. The molecule has 0 aliphatic heterocycles. The molecule has 1 N–H and O–H groups in total.